The van der Waals surface area contributed by atoms with Crippen molar-refractivity contribution in [2.24, 2.45) is 22.2 Å². The van der Waals surface area contributed by atoms with Crippen molar-refractivity contribution in [1.29, 1.82) is 0 Å². The van der Waals surface area contributed by atoms with E-state index in [1.807, 2.05) is 25.7 Å². The number of nitrogens with zero attached hydrogens (tertiary/aromatic N) is 1. The van der Waals surface area contributed by atoms with Gasteiger partial charge in [0.2, 0.25) is 0 Å². The summed E-state index contributed by atoms with van der Waals surface area (Å²) in [6.07, 6.45) is 8.45. The lowest BCUT2D eigenvalue weighted by Crippen LogP contribution is -2.71. The highest BCUT2D eigenvalue weighted by Crippen LogP contribution is 2.73. The molecule has 29 heavy (non-hydrogen) atoms. The number of hydrogen-bond donors (Lipinski definition) is 1. The summed E-state index contributed by atoms with van der Waals surface area (Å²) in [7, 11) is 0. The van der Waals surface area contributed by atoms with Gasteiger partial charge in [-0.3, -0.25) is 4.90 Å². The van der Waals surface area contributed by atoms with Crippen molar-refractivity contribution in [3.63, 3.8) is 0 Å². The molecule has 0 aromatic rings. The zero-order chi connectivity index (χ0) is 20.9. The van der Waals surface area contributed by atoms with Gasteiger partial charge in [0, 0.05) is 5.41 Å². The first kappa shape index (κ1) is 20.1. The third-order valence-electron chi connectivity index (χ3n) is 8.77. The molecule has 6 fully saturated rings. The summed E-state index contributed by atoms with van der Waals surface area (Å²) in [5.41, 5.74) is -0.463. The van der Waals surface area contributed by atoms with Gasteiger partial charge < -0.3 is 14.6 Å². The van der Waals surface area contributed by atoms with E-state index >= 15 is 0 Å². The second-order valence-electron chi connectivity index (χ2n) is 13.1. The van der Waals surface area contributed by atoms with Crippen LogP contribution in [-0.4, -0.2) is 52.6 Å². The molecule has 5 nitrogen and oxygen atoms in total. The fourth-order valence-corrected chi connectivity index (χ4v) is 8.99. The number of carbonyl (C=O) groups is 1. The van der Waals surface area contributed by atoms with E-state index < -0.39 is 11.2 Å². The molecule has 2 aliphatic heterocycles. The molecule has 4 unspecified atom stereocenters. The molecule has 5 heteroatoms. The second kappa shape index (κ2) is 5.91. The van der Waals surface area contributed by atoms with Crippen LogP contribution < -0.4 is 0 Å². The van der Waals surface area contributed by atoms with E-state index in [1.165, 1.54) is 25.7 Å². The van der Waals surface area contributed by atoms with Crippen LogP contribution in [0.25, 0.3) is 0 Å². The number of aliphatic hydroxyl groups is 1. The smallest absolute Gasteiger partial charge is 0.410 e. The lowest BCUT2D eigenvalue weighted by Gasteiger charge is -2.70. The number of hydrogen-bond acceptors (Lipinski definition) is 4. The minimum absolute atomic E-state index is 0.00375. The van der Waals surface area contributed by atoms with Gasteiger partial charge in [-0.15, -0.1) is 0 Å². The summed E-state index contributed by atoms with van der Waals surface area (Å²) in [5, 5.41) is 12.3. The number of fused-ring (bicyclic) bond motifs is 2. The molecule has 4 atom stereocenters. The van der Waals surface area contributed by atoms with Crippen molar-refractivity contribution >= 4 is 6.09 Å². The first-order valence-corrected chi connectivity index (χ1v) is 11.7. The van der Waals surface area contributed by atoms with Crippen molar-refractivity contribution in [3.05, 3.63) is 0 Å². The lowest BCUT2D eigenvalue weighted by atomic mass is 9.36. The first-order chi connectivity index (χ1) is 13.3. The fraction of sp³-hybridized carbons (Fsp3) is 0.958. The molecule has 2 saturated heterocycles. The van der Waals surface area contributed by atoms with Crippen LogP contribution in [0, 0.1) is 22.2 Å². The second-order valence-corrected chi connectivity index (χ2v) is 13.1. The number of piperidine rings is 1. The van der Waals surface area contributed by atoms with Crippen molar-refractivity contribution in [1.82, 2.24) is 4.90 Å². The van der Waals surface area contributed by atoms with Gasteiger partial charge in [0.1, 0.15) is 5.60 Å². The molecule has 6 rings (SSSR count). The number of rotatable bonds is 1. The molecule has 0 radical (unpaired) electrons. The Hall–Kier alpha value is -0.810. The topological polar surface area (TPSA) is 59.0 Å². The van der Waals surface area contributed by atoms with Crippen LogP contribution in [0.3, 0.4) is 0 Å². The Labute approximate surface area is 175 Å². The molecular weight excluding hydrogens is 366 g/mol. The Balaban J connectivity index is 1.44. The van der Waals surface area contributed by atoms with Crippen molar-refractivity contribution in [2.45, 2.75) is 109 Å². The van der Waals surface area contributed by atoms with Crippen molar-refractivity contribution < 1.29 is 19.4 Å². The van der Waals surface area contributed by atoms with Crippen molar-refractivity contribution in [3.8, 4) is 0 Å². The van der Waals surface area contributed by atoms with Crippen LogP contribution in [0.1, 0.15) is 86.0 Å². The minimum Gasteiger partial charge on any atom is -0.444 e. The Kier molecular flexibility index (Phi) is 4.10. The quantitative estimate of drug-likeness (QED) is 0.697. The molecule has 4 saturated carbocycles. The van der Waals surface area contributed by atoms with Gasteiger partial charge in [0.25, 0.3) is 0 Å². The Morgan fingerprint density at radius 3 is 2.00 bits per heavy atom. The average Bonchev–Trinajstić information content (AvgIpc) is 2.48. The molecule has 1 amide bonds. The van der Waals surface area contributed by atoms with E-state index in [9.17, 15) is 9.90 Å². The molecule has 0 aromatic carbocycles. The molecule has 2 heterocycles. The van der Waals surface area contributed by atoms with E-state index in [2.05, 4.69) is 13.8 Å². The summed E-state index contributed by atoms with van der Waals surface area (Å²) >= 11 is 0. The van der Waals surface area contributed by atoms with Gasteiger partial charge in [-0.2, -0.15) is 0 Å². The van der Waals surface area contributed by atoms with E-state index in [1.54, 1.807) is 0 Å². The van der Waals surface area contributed by atoms with Gasteiger partial charge in [-0.05, 0) is 88.9 Å². The van der Waals surface area contributed by atoms with Gasteiger partial charge in [-0.1, -0.05) is 13.8 Å². The fourth-order valence-electron chi connectivity index (χ4n) is 8.99. The molecule has 6 bridgehead atoms. The molecule has 0 aromatic heterocycles. The number of morpholine rings is 1. The Morgan fingerprint density at radius 1 is 0.966 bits per heavy atom. The summed E-state index contributed by atoms with van der Waals surface area (Å²) in [6.45, 7) is 11.7. The maximum Gasteiger partial charge on any atom is 0.410 e. The van der Waals surface area contributed by atoms with Gasteiger partial charge in [0.05, 0.1) is 30.9 Å². The van der Waals surface area contributed by atoms with Crippen LogP contribution in [0.15, 0.2) is 0 Å². The normalized spacial score (nSPS) is 51.2. The minimum atomic E-state index is -0.702. The zero-order valence-corrected chi connectivity index (χ0v) is 18.9. The zero-order valence-electron chi connectivity index (χ0n) is 18.9. The molecule has 1 N–H and O–H groups in total. The lowest BCUT2D eigenvalue weighted by molar-refractivity contribution is -0.256. The molecule has 164 valence electrons. The van der Waals surface area contributed by atoms with E-state index in [0.717, 1.165) is 18.8 Å². The predicted molar refractivity (Wildman–Crippen MR) is 110 cm³/mol. The third kappa shape index (κ3) is 3.13. The van der Waals surface area contributed by atoms with Gasteiger partial charge >= 0.3 is 6.09 Å². The molecule has 6 aliphatic rings. The number of ether oxygens (including phenoxy) is 2. The standard InChI is InChI=1S/C24H39NO4/c1-20(2,3)29-19(26)25-17-9-24(27,10-18(25)12-28-11-17)23-8-16-6-21(4,14-23)13-22(5,7-16)15-23/h16-18,27H,6-15H2,1-5H3. The third-order valence-corrected chi connectivity index (χ3v) is 8.77. The largest absolute Gasteiger partial charge is 0.444 e. The summed E-state index contributed by atoms with van der Waals surface area (Å²) in [6, 6.07) is -0.174. The highest BCUT2D eigenvalue weighted by atomic mass is 16.6. The van der Waals surface area contributed by atoms with Crippen LogP contribution in [0.5, 0.6) is 0 Å². The monoisotopic (exact) mass is 405 g/mol. The Morgan fingerprint density at radius 2 is 1.52 bits per heavy atom. The van der Waals surface area contributed by atoms with Gasteiger partial charge in [0.15, 0.2) is 0 Å². The molecule has 4 aliphatic carbocycles. The highest BCUT2D eigenvalue weighted by molar-refractivity contribution is 5.69. The summed E-state index contributed by atoms with van der Waals surface area (Å²) in [5.74, 6) is 0.755. The van der Waals surface area contributed by atoms with E-state index in [4.69, 9.17) is 9.47 Å². The highest BCUT2D eigenvalue weighted by Gasteiger charge is 2.68. The first-order valence-electron chi connectivity index (χ1n) is 11.7. The predicted octanol–water partition coefficient (Wildman–Crippen LogP) is 4.51. The van der Waals surface area contributed by atoms with Crippen molar-refractivity contribution in [2.75, 3.05) is 13.2 Å². The van der Waals surface area contributed by atoms with Crippen LogP contribution in [-0.2, 0) is 9.47 Å². The van der Waals surface area contributed by atoms with E-state index in [-0.39, 0.29) is 23.6 Å². The average molecular weight is 406 g/mol. The maximum absolute atomic E-state index is 13.0. The number of amides is 1. The Bertz CT molecular complexity index is 680. The molecular formula is C24H39NO4. The summed E-state index contributed by atoms with van der Waals surface area (Å²) < 4.78 is 11.6. The maximum atomic E-state index is 13.0. The van der Waals surface area contributed by atoms with Crippen LogP contribution in [0.4, 0.5) is 4.79 Å². The van der Waals surface area contributed by atoms with Gasteiger partial charge in [-0.25, -0.2) is 4.79 Å². The van der Waals surface area contributed by atoms with E-state index in [0.29, 0.717) is 36.9 Å². The van der Waals surface area contributed by atoms with Crippen LogP contribution in [0.2, 0.25) is 0 Å². The number of carbonyl (C=O) groups excluding carboxylic acids is 1. The summed E-state index contributed by atoms with van der Waals surface area (Å²) in [4.78, 5) is 14.9. The molecule has 0 spiro atoms. The SMILES string of the molecule is CC12CC3CC(C)(C1)CC(C1(O)CC4COCC(C1)N4C(=O)OC(C)(C)C)(C3)C2. The van der Waals surface area contributed by atoms with Crippen LogP contribution >= 0.6 is 0 Å².